The summed E-state index contributed by atoms with van der Waals surface area (Å²) < 4.78 is 19.1. The number of aromatic nitrogens is 1. The van der Waals surface area contributed by atoms with Gasteiger partial charge in [0.2, 0.25) is 0 Å². The quantitative estimate of drug-likeness (QED) is 0.588. The minimum absolute atomic E-state index is 0.0541. The molecule has 0 aliphatic carbocycles. The highest BCUT2D eigenvalue weighted by Crippen LogP contribution is 2.34. The average Bonchev–Trinajstić information content (AvgIpc) is 2.92. The highest BCUT2D eigenvalue weighted by Gasteiger charge is 2.21. The van der Waals surface area contributed by atoms with Crippen molar-refractivity contribution in [1.82, 2.24) is 4.98 Å². The first-order valence-electron chi connectivity index (χ1n) is 6.12. The third-order valence-corrected chi connectivity index (χ3v) is 3.06. The van der Waals surface area contributed by atoms with E-state index in [1.165, 1.54) is 24.3 Å². The van der Waals surface area contributed by atoms with Gasteiger partial charge in [0, 0.05) is 18.5 Å². The molecule has 7 heteroatoms. The maximum absolute atomic E-state index is 13.7. The fourth-order valence-corrected chi connectivity index (χ4v) is 2.06. The summed E-state index contributed by atoms with van der Waals surface area (Å²) >= 11 is 0. The van der Waals surface area contributed by atoms with Gasteiger partial charge in [-0.2, -0.15) is 0 Å². The molecule has 1 N–H and O–H groups in total. The van der Waals surface area contributed by atoms with Crippen LogP contribution in [-0.2, 0) is 0 Å². The van der Waals surface area contributed by atoms with Crippen LogP contribution < -0.4 is 5.32 Å². The Morgan fingerprint density at radius 2 is 2.14 bits per heavy atom. The zero-order valence-corrected chi connectivity index (χ0v) is 11.0. The molecule has 0 unspecified atom stereocenters. The molecule has 2 heterocycles. The smallest absolute Gasteiger partial charge is 0.298 e. The molecule has 0 aliphatic rings. The number of nitrogens with one attached hydrogen (secondary N) is 1. The van der Waals surface area contributed by atoms with Crippen molar-refractivity contribution in [2.24, 2.45) is 0 Å². The number of furan rings is 1. The van der Waals surface area contributed by atoms with Gasteiger partial charge < -0.3 is 9.73 Å². The van der Waals surface area contributed by atoms with E-state index in [0.29, 0.717) is 11.2 Å². The molecule has 0 amide bonds. The maximum atomic E-state index is 13.7. The third-order valence-electron chi connectivity index (χ3n) is 3.06. The Labute approximate surface area is 118 Å². The molecule has 6 nitrogen and oxygen atoms in total. The number of fused-ring (bicyclic) bond motifs is 1. The summed E-state index contributed by atoms with van der Waals surface area (Å²) in [5.41, 5.74) is -0.0885. The number of anilines is 1. The molecule has 0 bridgehead atoms. The third kappa shape index (κ3) is 2.18. The Morgan fingerprint density at radius 3 is 2.81 bits per heavy atom. The lowest BCUT2D eigenvalue weighted by molar-refractivity contribution is -0.384. The van der Waals surface area contributed by atoms with Crippen molar-refractivity contribution in [2.75, 3.05) is 12.4 Å². The van der Waals surface area contributed by atoms with Crippen LogP contribution in [-0.4, -0.2) is 17.0 Å². The van der Waals surface area contributed by atoms with Crippen LogP contribution in [0.15, 0.2) is 40.8 Å². The largest absolute Gasteiger partial charge is 0.451 e. The normalized spacial score (nSPS) is 10.8. The Bertz CT molecular complexity index is 845. The average molecular weight is 287 g/mol. The molecule has 0 atom stereocenters. The van der Waals surface area contributed by atoms with Crippen LogP contribution in [0.25, 0.3) is 22.4 Å². The summed E-state index contributed by atoms with van der Waals surface area (Å²) in [6.07, 6.45) is 0. The number of hydrogen-bond acceptors (Lipinski definition) is 5. The van der Waals surface area contributed by atoms with Crippen LogP contribution in [0, 0.1) is 15.9 Å². The van der Waals surface area contributed by atoms with Gasteiger partial charge in [-0.15, -0.1) is 0 Å². The molecule has 0 saturated carbocycles. The van der Waals surface area contributed by atoms with Gasteiger partial charge >= 0.3 is 0 Å². The number of hydrogen-bond donors (Lipinski definition) is 1. The zero-order chi connectivity index (χ0) is 15.0. The van der Waals surface area contributed by atoms with Crippen LogP contribution in [0.4, 0.5) is 15.9 Å². The van der Waals surface area contributed by atoms with E-state index >= 15 is 0 Å². The zero-order valence-electron chi connectivity index (χ0n) is 11.0. The first-order valence-corrected chi connectivity index (χ1v) is 6.12. The van der Waals surface area contributed by atoms with Gasteiger partial charge in [-0.05, 0) is 18.2 Å². The van der Waals surface area contributed by atoms with E-state index in [-0.39, 0.29) is 22.7 Å². The molecule has 3 rings (SSSR count). The van der Waals surface area contributed by atoms with Crippen LogP contribution in [0.2, 0.25) is 0 Å². The molecule has 0 aliphatic heterocycles. The van der Waals surface area contributed by atoms with E-state index in [4.69, 9.17) is 4.42 Å². The Balaban J connectivity index is 2.25. The molecular weight excluding hydrogens is 277 g/mol. The Kier molecular flexibility index (Phi) is 3.02. The minimum Gasteiger partial charge on any atom is -0.451 e. The lowest BCUT2D eigenvalue weighted by Crippen LogP contribution is -1.98. The highest BCUT2D eigenvalue weighted by atomic mass is 19.1. The van der Waals surface area contributed by atoms with Crippen molar-refractivity contribution >= 4 is 22.5 Å². The number of halogens is 1. The molecule has 0 radical (unpaired) electrons. The van der Waals surface area contributed by atoms with Gasteiger partial charge in [0.1, 0.15) is 5.82 Å². The second-order valence-corrected chi connectivity index (χ2v) is 4.34. The summed E-state index contributed by atoms with van der Waals surface area (Å²) in [6.45, 7) is 0. The van der Waals surface area contributed by atoms with Crippen LogP contribution >= 0.6 is 0 Å². The first kappa shape index (κ1) is 13.0. The monoisotopic (exact) mass is 287 g/mol. The summed E-state index contributed by atoms with van der Waals surface area (Å²) in [7, 11) is 1.65. The fraction of sp³-hybridized carbons (Fsp3) is 0.0714. The number of benzene rings is 1. The second-order valence-electron chi connectivity index (χ2n) is 4.34. The Hall–Kier alpha value is -2.96. The van der Waals surface area contributed by atoms with Gasteiger partial charge in [0.15, 0.2) is 22.9 Å². The van der Waals surface area contributed by atoms with Gasteiger partial charge in [-0.3, -0.25) is 10.1 Å². The van der Waals surface area contributed by atoms with E-state index in [9.17, 15) is 14.5 Å². The van der Waals surface area contributed by atoms with Crippen LogP contribution in [0.3, 0.4) is 0 Å². The maximum Gasteiger partial charge on any atom is 0.298 e. The molecule has 0 saturated heterocycles. The van der Waals surface area contributed by atoms with E-state index in [0.717, 1.165) is 0 Å². The number of nitrogens with zero attached hydrogens (tertiary/aromatic N) is 2. The lowest BCUT2D eigenvalue weighted by Gasteiger charge is -2.02. The molecule has 2 aromatic heterocycles. The summed E-state index contributed by atoms with van der Waals surface area (Å²) in [5.74, 6) is 0.0848. The lowest BCUT2D eigenvalue weighted by atomic mass is 10.2. The summed E-state index contributed by atoms with van der Waals surface area (Å²) in [5, 5.41) is 14.4. The van der Waals surface area contributed by atoms with E-state index in [1.807, 2.05) is 0 Å². The van der Waals surface area contributed by atoms with E-state index in [1.54, 1.807) is 19.2 Å². The molecule has 0 fully saturated rings. The summed E-state index contributed by atoms with van der Waals surface area (Å²) in [4.78, 5) is 14.7. The minimum atomic E-state index is -0.550. The van der Waals surface area contributed by atoms with E-state index in [2.05, 4.69) is 10.3 Å². The highest BCUT2D eigenvalue weighted by molar-refractivity contribution is 5.84. The standard InChI is InChI=1S/C14H10FN3O3/c1-16-12-6-5-10(18(19)20)13(17-12)11-7-8-3-2-4-9(15)14(8)21-11/h2-7H,1H3,(H,16,17). The molecule has 3 aromatic rings. The fourth-order valence-electron chi connectivity index (χ4n) is 2.06. The van der Waals surface area contributed by atoms with Crippen molar-refractivity contribution in [2.45, 2.75) is 0 Å². The first-order chi connectivity index (χ1) is 10.1. The van der Waals surface area contributed by atoms with Crippen LogP contribution in [0.1, 0.15) is 0 Å². The van der Waals surface area contributed by atoms with Crippen molar-refractivity contribution in [3.8, 4) is 11.5 Å². The van der Waals surface area contributed by atoms with Crippen molar-refractivity contribution < 1.29 is 13.7 Å². The predicted molar refractivity (Wildman–Crippen MR) is 75.6 cm³/mol. The molecule has 0 spiro atoms. The van der Waals surface area contributed by atoms with Crippen molar-refractivity contribution in [3.63, 3.8) is 0 Å². The number of para-hydroxylation sites is 1. The van der Waals surface area contributed by atoms with Crippen molar-refractivity contribution in [1.29, 1.82) is 0 Å². The second kappa shape index (κ2) is 4.86. The van der Waals surface area contributed by atoms with Crippen LogP contribution in [0.5, 0.6) is 0 Å². The number of pyridine rings is 1. The van der Waals surface area contributed by atoms with Gasteiger partial charge in [0.05, 0.1) is 4.92 Å². The predicted octanol–water partition coefficient (Wildman–Crippen LogP) is 3.58. The number of nitro groups is 1. The van der Waals surface area contributed by atoms with E-state index < -0.39 is 10.7 Å². The SMILES string of the molecule is CNc1ccc([N+](=O)[O-])c(-c2cc3cccc(F)c3o2)n1. The topological polar surface area (TPSA) is 81.2 Å². The van der Waals surface area contributed by atoms with Crippen molar-refractivity contribution in [3.05, 3.63) is 52.3 Å². The molecule has 106 valence electrons. The van der Waals surface area contributed by atoms with Gasteiger partial charge in [0.25, 0.3) is 5.69 Å². The molecule has 21 heavy (non-hydrogen) atoms. The Morgan fingerprint density at radius 1 is 1.33 bits per heavy atom. The molecular formula is C14H10FN3O3. The van der Waals surface area contributed by atoms with Gasteiger partial charge in [-0.25, -0.2) is 9.37 Å². The van der Waals surface area contributed by atoms with Gasteiger partial charge in [-0.1, -0.05) is 12.1 Å². The summed E-state index contributed by atoms with van der Waals surface area (Å²) in [6, 6.07) is 8.83. The molecule has 1 aromatic carbocycles. The number of rotatable bonds is 3.